The van der Waals surface area contributed by atoms with Crippen molar-refractivity contribution in [1.82, 2.24) is 0 Å². The molecule has 0 saturated heterocycles. The van der Waals surface area contributed by atoms with E-state index in [1.165, 1.54) is 0 Å². The number of benzene rings is 1. The molecule has 1 amide bonds. The number of aliphatic carboxylic acids is 1. The first kappa shape index (κ1) is 10.6. The van der Waals surface area contributed by atoms with Gasteiger partial charge in [0.25, 0.3) is 0 Å². The Kier molecular flexibility index (Phi) is 2.62. The van der Waals surface area contributed by atoms with E-state index in [2.05, 4.69) is 5.32 Å². The van der Waals surface area contributed by atoms with E-state index < -0.39 is 12.0 Å². The molecule has 1 aromatic carbocycles. The lowest BCUT2D eigenvalue weighted by atomic mass is 9.98. The summed E-state index contributed by atoms with van der Waals surface area (Å²) in [5, 5.41) is 11.5. The molecule has 0 radical (unpaired) electrons. The fraction of sp³-hybridized carbons (Fsp3) is 0.273. The van der Waals surface area contributed by atoms with E-state index in [0.717, 1.165) is 5.56 Å². The fourth-order valence-electron chi connectivity index (χ4n) is 1.73. The van der Waals surface area contributed by atoms with E-state index in [1.807, 2.05) is 6.07 Å². The van der Waals surface area contributed by atoms with E-state index in [-0.39, 0.29) is 5.91 Å². The van der Waals surface area contributed by atoms with Crippen LogP contribution in [0, 0.1) is 0 Å². The number of fused-ring (bicyclic) bond motifs is 1. The Morgan fingerprint density at radius 3 is 2.88 bits per heavy atom. The van der Waals surface area contributed by atoms with Crippen molar-refractivity contribution >= 4 is 17.6 Å². The number of carbonyl (C=O) groups is 2. The molecule has 0 aliphatic carbocycles. The predicted octanol–water partition coefficient (Wildman–Crippen LogP) is 0.656. The molecule has 0 aromatic heterocycles. The summed E-state index contributed by atoms with van der Waals surface area (Å²) in [7, 11) is 0. The third-order valence-corrected chi connectivity index (χ3v) is 2.65. The number of carboxylic acid groups (broad SMARTS) is 1. The van der Waals surface area contributed by atoms with E-state index in [0.29, 0.717) is 24.1 Å². The van der Waals surface area contributed by atoms with Crippen LogP contribution in [0.2, 0.25) is 0 Å². The number of anilines is 1. The summed E-state index contributed by atoms with van der Waals surface area (Å²) in [5.41, 5.74) is 7.67. The van der Waals surface area contributed by atoms with Crippen molar-refractivity contribution in [3.63, 3.8) is 0 Å². The van der Waals surface area contributed by atoms with Crippen LogP contribution in [-0.4, -0.2) is 17.0 Å². The molecule has 0 fully saturated rings. The molecule has 5 nitrogen and oxygen atoms in total. The molecule has 1 aromatic rings. The van der Waals surface area contributed by atoms with Crippen LogP contribution in [-0.2, 0) is 16.0 Å². The second kappa shape index (κ2) is 3.94. The van der Waals surface area contributed by atoms with Crippen LogP contribution in [0.4, 0.5) is 5.69 Å². The molecule has 0 saturated carbocycles. The summed E-state index contributed by atoms with van der Waals surface area (Å²) < 4.78 is 0. The molecule has 84 valence electrons. The second-order valence-corrected chi connectivity index (χ2v) is 3.78. The standard InChI is InChI=1S/C11H12N2O3/c12-10(11(15)16)7-2-1-6-3-4-9(14)13-8(6)5-7/h1-2,5,10H,3-4,12H2,(H,13,14)(H,15,16). The van der Waals surface area contributed by atoms with Crippen molar-refractivity contribution in [3.05, 3.63) is 29.3 Å². The lowest BCUT2D eigenvalue weighted by Gasteiger charge is -2.18. The molecule has 5 heteroatoms. The van der Waals surface area contributed by atoms with Crippen molar-refractivity contribution in [2.45, 2.75) is 18.9 Å². The fourth-order valence-corrected chi connectivity index (χ4v) is 1.73. The third-order valence-electron chi connectivity index (χ3n) is 2.65. The number of amides is 1. The van der Waals surface area contributed by atoms with Gasteiger partial charge in [0, 0.05) is 12.1 Å². The van der Waals surface area contributed by atoms with Gasteiger partial charge in [-0.1, -0.05) is 12.1 Å². The third kappa shape index (κ3) is 1.90. The molecule has 4 N–H and O–H groups in total. The smallest absolute Gasteiger partial charge is 0.325 e. The lowest BCUT2D eigenvalue weighted by molar-refractivity contribution is -0.138. The van der Waals surface area contributed by atoms with E-state index in [4.69, 9.17) is 10.8 Å². The van der Waals surface area contributed by atoms with Crippen LogP contribution in [0.15, 0.2) is 18.2 Å². The SMILES string of the molecule is NC(C(=O)O)c1ccc2c(c1)NC(=O)CC2. The summed E-state index contributed by atoms with van der Waals surface area (Å²) in [6.45, 7) is 0. The Hall–Kier alpha value is -1.88. The molecule has 0 spiro atoms. The Morgan fingerprint density at radius 2 is 2.19 bits per heavy atom. The highest BCUT2D eigenvalue weighted by atomic mass is 16.4. The van der Waals surface area contributed by atoms with Crippen LogP contribution < -0.4 is 11.1 Å². The molecule has 1 heterocycles. The summed E-state index contributed by atoms with van der Waals surface area (Å²) in [6, 6.07) is 4.08. The van der Waals surface area contributed by atoms with Crippen LogP contribution in [0.3, 0.4) is 0 Å². The minimum absolute atomic E-state index is 0.0476. The zero-order chi connectivity index (χ0) is 11.7. The van der Waals surface area contributed by atoms with E-state index in [1.54, 1.807) is 12.1 Å². The van der Waals surface area contributed by atoms with Gasteiger partial charge in [0.15, 0.2) is 0 Å². The minimum Gasteiger partial charge on any atom is -0.480 e. The Morgan fingerprint density at radius 1 is 1.44 bits per heavy atom. The lowest BCUT2D eigenvalue weighted by Crippen LogP contribution is -2.23. The maximum Gasteiger partial charge on any atom is 0.325 e. The van der Waals surface area contributed by atoms with Gasteiger partial charge < -0.3 is 16.2 Å². The van der Waals surface area contributed by atoms with Crippen LogP contribution in [0.1, 0.15) is 23.6 Å². The van der Waals surface area contributed by atoms with E-state index >= 15 is 0 Å². The number of carbonyl (C=O) groups excluding carboxylic acids is 1. The van der Waals surface area contributed by atoms with Crippen molar-refractivity contribution in [2.24, 2.45) is 5.73 Å². The Bertz CT molecular complexity index is 457. The van der Waals surface area contributed by atoms with Gasteiger partial charge in [-0.25, -0.2) is 0 Å². The molecule has 1 aliphatic heterocycles. The second-order valence-electron chi connectivity index (χ2n) is 3.78. The zero-order valence-corrected chi connectivity index (χ0v) is 8.56. The van der Waals surface area contributed by atoms with Gasteiger partial charge in [0.2, 0.25) is 5.91 Å². The van der Waals surface area contributed by atoms with Gasteiger partial charge in [0.05, 0.1) is 0 Å². The summed E-state index contributed by atoms with van der Waals surface area (Å²) in [4.78, 5) is 21.9. The van der Waals surface area contributed by atoms with Crippen molar-refractivity contribution in [3.8, 4) is 0 Å². The van der Waals surface area contributed by atoms with Gasteiger partial charge in [-0.05, 0) is 23.6 Å². The topological polar surface area (TPSA) is 92.4 Å². The monoisotopic (exact) mass is 220 g/mol. The molecule has 1 atom stereocenters. The number of carboxylic acids is 1. The first-order chi connectivity index (χ1) is 7.58. The first-order valence-electron chi connectivity index (χ1n) is 4.99. The van der Waals surface area contributed by atoms with Crippen LogP contribution >= 0.6 is 0 Å². The number of nitrogens with one attached hydrogen (secondary N) is 1. The van der Waals surface area contributed by atoms with Crippen LogP contribution in [0.25, 0.3) is 0 Å². The maximum absolute atomic E-state index is 11.2. The molecular formula is C11H12N2O3. The van der Waals surface area contributed by atoms with Gasteiger partial charge in [-0.3, -0.25) is 9.59 Å². The minimum atomic E-state index is -1.08. The summed E-state index contributed by atoms with van der Waals surface area (Å²) in [5.74, 6) is -1.13. The molecule has 1 aliphatic rings. The quantitative estimate of drug-likeness (QED) is 0.682. The highest BCUT2D eigenvalue weighted by Crippen LogP contribution is 2.25. The normalized spacial score (nSPS) is 16.2. The van der Waals surface area contributed by atoms with Crippen LogP contribution in [0.5, 0.6) is 0 Å². The van der Waals surface area contributed by atoms with Crippen molar-refractivity contribution in [1.29, 1.82) is 0 Å². The molecule has 16 heavy (non-hydrogen) atoms. The largest absolute Gasteiger partial charge is 0.480 e. The average Bonchev–Trinajstić information content (AvgIpc) is 2.26. The first-order valence-corrected chi connectivity index (χ1v) is 4.99. The number of hydrogen-bond donors (Lipinski definition) is 3. The zero-order valence-electron chi connectivity index (χ0n) is 8.56. The number of rotatable bonds is 2. The average molecular weight is 220 g/mol. The van der Waals surface area contributed by atoms with Gasteiger partial charge in [-0.15, -0.1) is 0 Å². The summed E-state index contributed by atoms with van der Waals surface area (Å²) >= 11 is 0. The number of nitrogens with two attached hydrogens (primary N) is 1. The Labute approximate surface area is 92.3 Å². The molecular weight excluding hydrogens is 208 g/mol. The highest BCUT2D eigenvalue weighted by Gasteiger charge is 2.19. The molecule has 1 unspecified atom stereocenters. The van der Waals surface area contributed by atoms with Gasteiger partial charge in [0.1, 0.15) is 6.04 Å². The summed E-state index contributed by atoms with van der Waals surface area (Å²) in [6.07, 6.45) is 1.15. The number of hydrogen-bond acceptors (Lipinski definition) is 3. The van der Waals surface area contributed by atoms with Gasteiger partial charge in [-0.2, -0.15) is 0 Å². The van der Waals surface area contributed by atoms with Crippen molar-refractivity contribution in [2.75, 3.05) is 5.32 Å². The number of aryl methyl sites for hydroxylation is 1. The molecule has 0 bridgehead atoms. The van der Waals surface area contributed by atoms with E-state index in [9.17, 15) is 9.59 Å². The predicted molar refractivity (Wildman–Crippen MR) is 58.0 cm³/mol. The Balaban J connectivity index is 2.34. The van der Waals surface area contributed by atoms with Crippen molar-refractivity contribution < 1.29 is 14.7 Å². The highest BCUT2D eigenvalue weighted by molar-refractivity contribution is 5.94. The molecule has 2 rings (SSSR count). The maximum atomic E-state index is 11.2. The van der Waals surface area contributed by atoms with Gasteiger partial charge >= 0.3 is 5.97 Å².